The van der Waals surface area contributed by atoms with Crippen molar-refractivity contribution in [1.82, 2.24) is 5.32 Å². The minimum atomic E-state index is -0.545. The molecule has 0 aliphatic carbocycles. The standard InChI is InChI=1S/C15H21N3O2/c1-11-6-5-7-12(8-11)18-13(9-16)10-17-14(19)20-15(2,3)4/h5-8,13,18H,10H2,1-4H3,(H,17,19). The summed E-state index contributed by atoms with van der Waals surface area (Å²) in [6, 6.07) is 9.31. The molecule has 1 amide bonds. The van der Waals surface area contributed by atoms with Gasteiger partial charge in [0.05, 0.1) is 12.6 Å². The van der Waals surface area contributed by atoms with Gasteiger partial charge in [-0.25, -0.2) is 4.79 Å². The maximum atomic E-state index is 11.5. The number of carbonyl (C=O) groups excluding carboxylic acids is 1. The number of rotatable bonds is 4. The Morgan fingerprint density at radius 2 is 2.15 bits per heavy atom. The summed E-state index contributed by atoms with van der Waals surface area (Å²) >= 11 is 0. The zero-order valence-corrected chi connectivity index (χ0v) is 12.4. The summed E-state index contributed by atoms with van der Waals surface area (Å²) in [5.74, 6) is 0. The van der Waals surface area contributed by atoms with Gasteiger partial charge in [0.25, 0.3) is 0 Å². The highest BCUT2D eigenvalue weighted by Gasteiger charge is 2.17. The van der Waals surface area contributed by atoms with E-state index < -0.39 is 17.7 Å². The van der Waals surface area contributed by atoms with Gasteiger partial charge in [-0.05, 0) is 45.4 Å². The first kappa shape index (κ1) is 15.8. The second kappa shape index (κ2) is 6.80. The van der Waals surface area contributed by atoms with Crippen LogP contribution in [0.25, 0.3) is 0 Å². The second-order valence-corrected chi connectivity index (χ2v) is 5.58. The first-order valence-corrected chi connectivity index (χ1v) is 6.50. The highest BCUT2D eigenvalue weighted by Crippen LogP contribution is 2.11. The predicted octanol–water partition coefficient (Wildman–Crippen LogP) is 2.82. The van der Waals surface area contributed by atoms with Crippen molar-refractivity contribution >= 4 is 11.8 Å². The van der Waals surface area contributed by atoms with Crippen molar-refractivity contribution in [2.45, 2.75) is 39.3 Å². The van der Waals surface area contributed by atoms with Crippen molar-refractivity contribution in [3.05, 3.63) is 29.8 Å². The molecule has 0 aliphatic rings. The van der Waals surface area contributed by atoms with Gasteiger partial charge in [0.1, 0.15) is 11.6 Å². The molecule has 5 heteroatoms. The van der Waals surface area contributed by atoms with Gasteiger partial charge in [-0.1, -0.05) is 12.1 Å². The smallest absolute Gasteiger partial charge is 0.407 e. The van der Waals surface area contributed by atoms with E-state index in [0.717, 1.165) is 11.3 Å². The van der Waals surface area contributed by atoms with Crippen LogP contribution in [0.3, 0.4) is 0 Å². The molecule has 1 atom stereocenters. The van der Waals surface area contributed by atoms with E-state index in [1.54, 1.807) is 20.8 Å². The molecular weight excluding hydrogens is 254 g/mol. The summed E-state index contributed by atoms with van der Waals surface area (Å²) in [7, 11) is 0. The quantitative estimate of drug-likeness (QED) is 0.886. The SMILES string of the molecule is Cc1cccc(NC(C#N)CNC(=O)OC(C)(C)C)c1. The molecule has 0 heterocycles. The largest absolute Gasteiger partial charge is 0.444 e. The highest BCUT2D eigenvalue weighted by atomic mass is 16.6. The number of nitriles is 1. The lowest BCUT2D eigenvalue weighted by atomic mass is 10.2. The van der Waals surface area contributed by atoms with Gasteiger partial charge >= 0.3 is 6.09 Å². The summed E-state index contributed by atoms with van der Waals surface area (Å²) < 4.78 is 5.11. The zero-order valence-electron chi connectivity index (χ0n) is 12.4. The van der Waals surface area contributed by atoms with Crippen molar-refractivity contribution in [2.24, 2.45) is 0 Å². The maximum Gasteiger partial charge on any atom is 0.407 e. The molecule has 0 aromatic heterocycles. The molecule has 20 heavy (non-hydrogen) atoms. The van der Waals surface area contributed by atoms with E-state index in [1.807, 2.05) is 31.2 Å². The van der Waals surface area contributed by atoms with Gasteiger partial charge in [0.2, 0.25) is 0 Å². The Morgan fingerprint density at radius 1 is 1.45 bits per heavy atom. The Bertz CT molecular complexity index is 501. The Hall–Kier alpha value is -2.22. The van der Waals surface area contributed by atoms with Crippen LogP contribution in [0.4, 0.5) is 10.5 Å². The fourth-order valence-electron chi connectivity index (χ4n) is 1.56. The molecule has 1 aromatic rings. The molecular formula is C15H21N3O2. The van der Waals surface area contributed by atoms with Gasteiger partial charge in [-0.2, -0.15) is 5.26 Å². The summed E-state index contributed by atoms with van der Waals surface area (Å²) in [6.07, 6.45) is -0.524. The number of ether oxygens (including phenoxy) is 1. The van der Waals surface area contributed by atoms with Gasteiger partial charge in [0.15, 0.2) is 0 Å². The number of benzene rings is 1. The van der Waals surface area contributed by atoms with Crippen molar-refractivity contribution < 1.29 is 9.53 Å². The van der Waals surface area contributed by atoms with Gasteiger partial charge in [-0.3, -0.25) is 0 Å². The molecule has 0 bridgehead atoms. The van der Waals surface area contributed by atoms with E-state index >= 15 is 0 Å². The number of anilines is 1. The molecule has 2 N–H and O–H groups in total. The minimum absolute atomic E-state index is 0.180. The summed E-state index contributed by atoms with van der Waals surface area (Å²) in [5, 5.41) is 14.7. The van der Waals surface area contributed by atoms with Gasteiger partial charge in [0, 0.05) is 5.69 Å². The van der Waals surface area contributed by atoms with Crippen LogP contribution in [0.2, 0.25) is 0 Å². The van der Waals surface area contributed by atoms with Crippen LogP contribution in [0.5, 0.6) is 0 Å². The number of alkyl carbamates (subject to hydrolysis) is 1. The van der Waals surface area contributed by atoms with Gasteiger partial charge < -0.3 is 15.4 Å². The average Bonchev–Trinajstić information content (AvgIpc) is 2.32. The van der Waals surface area contributed by atoms with E-state index in [9.17, 15) is 4.79 Å². The average molecular weight is 275 g/mol. The molecule has 1 rings (SSSR count). The summed E-state index contributed by atoms with van der Waals surface area (Å²) in [4.78, 5) is 11.5. The van der Waals surface area contributed by atoms with Crippen molar-refractivity contribution in [3.8, 4) is 6.07 Å². The normalized spacial score (nSPS) is 12.2. The highest BCUT2D eigenvalue weighted by molar-refractivity contribution is 5.67. The van der Waals surface area contributed by atoms with Crippen molar-refractivity contribution in [1.29, 1.82) is 5.26 Å². The number of nitrogens with zero attached hydrogens (tertiary/aromatic N) is 1. The molecule has 108 valence electrons. The Morgan fingerprint density at radius 3 is 2.70 bits per heavy atom. The van der Waals surface area contributed by atoms with Crippen LogP contribution in [-0.2, 0) is 4.74 Å². The number of aryl methyl sites for hydroxylation is 1. The minimum Gasteiger partial charge on any atom is -0.444 e. The molecule has 5 nitrogen and oxygen atoms in total. The molecule has 0 spiro atoms. The number of hydrogen-bond acceptors (Lipinski definition) is 4. The first-order valence-electron chi connectivity index (χ1n) is 6.50. The Kier molecular flexibility index (Phi) is 5.39. The monoisotopic (exact) mass is 275 g/mol. The van der Waals surface area contributed by atoms with E-state index in [1.165, 1.54) is 0 Å². The number of carbonyl (C=O) groups is 1. The lowest BCUT2D eigenvalue weighted by Gasteiger charge is -2.20. The van der Waals surface area contributed by atoms with Crippen LogP contribution in [0.15, 0.2) is 24.3 Å². The van der Waals surface area contributed by atoms with Crippen LogP contribution in [0.1, 0.15) is 26.3 Å². The molecule has 0 radical (unpaired) electrons. The first-order chi connectivity index (χ1) is 9.30. The second-order valence-electron chi connectivity index (χ2n) is 5.58. The van der Waals surface area contributed by atoms with E-state index in [2.05, 4.69) is 16.7 Å². The molecule has 0 saturated carbocycles. The van der Waals surface area contributed by atoms with Crippen LogP contribution in [0, 0.1) is 18.3 Å². The van der Waals surface area contributed by atoms with E-state index in [-0.39, 0.29) is 6.54 Å². The lowest BCUT2D eigenvalue weighted by Crippen LogP contribution is -2.39. The maximum absolute atomic E-state index is 11.5. The summed E-state index contributed by atoms with van der Waals surface area (Å²) in [6.45, 7) is 7.53. The molecule has 0 saturated heterocycles. The zero-order chi connectivity index (χ0) is 15.2. The van der Waals surface area contributed by atoms with Crippen LogP contribution in [-0.4, -0.2) is 24.3 Å². The Labute approximate surface area is 119 Å². The molecule has 1 unspecified atom stereocenters. The molecule has 0 fully saturated rings. The Balaban J connectivity index is 2.49. The number of hydrogen-bond donors (Lipinski definition) is 2. The van der Waals surface area contributed by atoms with E-state index in [4.69, 9.17) is 10.00 Å². The third-order valence-electron chi connectivity index (χ3n) is 2.36. The van der Waals surface area contributed by atoms with Crippen LogP contribution < -0.4 is 10.6 Å². The summed E-state index contributed by atoms with van der Waals surface area (Å²) in [5.41, 5.74) is 1.41. The predicted molar refractivity (Wildman–Crippen MR) is 78.4 cm³/mol. The van der Waals surface area contributed by atoms with Gasteiger partial charge in [-0.15, -0.1) is 0 Å². The third-order valence-corrected chi connectivity index (χ3v) is 2.36. The third kappa shape index (κ3) is 6.10. The lowest BCUT2D eigenvalue weighted by molar-refractivity contribution is 0.0527. The molecule has 0 aliphatic heterocycles. The topological polar surface area (TPSA) is 74.2 Å². The molecule has 1 aromatic carbocycles. The van der Waals surface area contributed by atoms with Crippen LogP contribution >= 0.6 is 0 Å². The number of amides is 1. The van der Waals surface area contributed by atoms with Crippen molar-refractivity contribution in [2.75, 3.05) is 11.9 Å². The van der Waals surface area contributed by atoms with Crippen molar-refractivity contribution in [3.63, 3.8) is 0 Å². The number of nitrogens with one attached hydrogen (secondary N) is 2. The van der Waals surface area contributed by atoms with E-state index in [0.29, 0.717) is 0 Å². The fraction of sp³-hybridized carbons (Fsp3) is 0.467. The fourth-order valence-corrected chi connectivity index (χ4v) is 1.56.